The predicted octanol–water partition coefficient (Wildman–Crippen LogP) is 2.43. The van der Waals surface area contributed by atoms with Crippen LogP contribution in [0.15, 0.2) is 47.4 Å². The van der Waals surface area contributed by atoms with Crippen molar-refractivity contribution < 1.29 is 18.0 Å². The fourth-order valence-corrected chi connectivity index (χ4v) is 6.63. The van der Waals surface area contributed by atoms with Gasteiger partial charge in [0.1, 0.15) is 6.42 Å². The van der Waals surface area contributed by atoms with Gasteiger partial charge in [0.2, 0.25) is 21.8 Å². The summed E-state index contributed by atoms with van der Waals surface area (Å²) in [7, 11) is -3.71. The molecule has 1 fully saturated rings. The quantitative estimate of drug-likeness (QED) is 0.672. The van der Waals surface area contributed by atoms with E-state index >= 15 is 0 Å². The highest BCUT2D eigenvalue weighted by Crippen LogP contribution is 2.31. The molecule has 2 aromatic rings. The van der Waals surface area contributed by atoms with E-state index in [2.05, 4.69) is 39.8 Å². The molecule has 5 rings (SSSR count). The van der Waals surface area contributed by atoms with E-state index < -0.39 is 21.8 Å². The summed E-state index contributed by atoms with van der Waals surface area (Å²) in [5.41, 5.74) is 3.50. The zero-order valence-electron chi connectivity index (χ0n) is 18.4. The van der Waals surface area contributed by atoms with Crippen molar-refractivity contribution in [3.63, 3.8) is 0 Å². The molecular weight excluding hydrogens is 440 g/mol. The Labute approximate surface area is 194 Å². The molecule has 2 amide bonds. The summed E-state index contributed by atoms with van der Waals surface area (Å²) in [6.45, 7) is 3.77. The molecule has 9 heteroatoms. The monoisotopic (exact) mass is 468 g/mol. The first kappa shape index (κ1) is 22.1. The van der Waals surface area contributed by atoms with Crippen LogP contribution in [0.25, 0.3) is 0 Å². The van der Waals surface area contributed by atoms with Crippen LogP contribution in [0.2, 0.25) is 0 Å². The van der Waals surface area contributed by atoms with Crippen molar-refractivity contribution in [1.82, 2.24) is 9.21 Å². The van der Waals surface area contributed by atoms with Crippen molar-refractivity contribution in [3.05, 3.63) is 53.6 Å². The Kier molecular flexibility index (Phi) is 5.94. The molecule has 33 heavy (non-hydrogen) atoms. The fourth-order valence-electron chi connectivity index (χ4n) is 5.05. The average Bonchev–Trinajstić information content (AvgIpc) is 2.94. The first-order valence-electron chi connectivity index (χ1n) is 11.4. The summed E-state index contributed by atoms with van der Waals surface area (Å²) in [6, 6.07) is 13.0. The van der Waals surface area contributed by atoms with Gasteiger partial charge in [0.15, 0.2) is 0 Å². The lowest BCUT2D eigenvalue weighted by Gasteiger charge is -2.36. The molecule has 2 N–H and O–H groups in total. The molecule has 1 atom stereocenters. The molecule has 8 nitrogen and oxygen atoms in total. The fraction of sp³-hybridized carbons (Fsp3) is 0.417. The van der Waals surface area contributed by atoms with Crippen molar-refractivity contribution in [3.8, 4) is 0 Å². The lowest BCUT2D eigenvalue weighted by Crippen LogP contribution is -2.44. The molecular formula is C24H28N4O4S. The summed E-state index contributed by atoms with van der Waals surface area (Å²) in [5.74, 6) is -0.596. The van der Waals surface area contributed by atoms with Gasteiger partial charge < -0.3 is 10.6 Å². The van der Waals surface area contributed by atoms with Gasteiger partial charge >= 0.3 is 0 Å². The minimum absolute atomic E-state index is 0.130. The molecule has 3 aliphatic rings. The Morgan fingerprint density at radius 2 is 1.70 bits per heavy atom. The SMILES string of the molecule is O=C1CC(=O)Nc2cc(S(=O)(=O)N3CCCC(CN4CCc5ccccc5C4)C3)ccc2N1. The summed E-state index contributed by atoms with van der Waals surface area (Å²) in [6.07, 6.45) is 2.58. The summed E-state index contributed by atoms with van der Waals surface area (Å²) in [5, 5.41) is 5.26. The Hall–Kier alpha value is -2.75. The van der Waals surface area contributed by atoms with Gasteiger partial charge in [-0.05, 0) is 54.5 Å². The normalized spacial score (nSPS) is 22.0. The van der Waals surface area contributed by atoms with Gasteiger partial charge in [0.25, 0.3) is 0 Å². The number of carbonyl (C=O) groups excluding carboxylic acids is 2. The topological polar surface area (TPSA) is 98.8 Å². The molecule has 1 unspecified atom stereocenters. The first-order valence-corrected chi connectivity index (χ1v) is 12.9. The van der Waals surface area contributed by atoms with Gasteiger partial charge in [0, 0.05) is 32.7 Å². The molecule has 0 aliphatic carbocycles. The molecule has 2 aromatic carbocycles. The molecule has 174 valence electrons. The van der Waals surface area contributed by atoms with Gasteiger partial charge in [-0.3, -0.25) is 14.5 Å². The number of hydrogen-bond donors (Lipinski definition) is 2. The van der Waals surface area contributed by atoms with E-state index in [9.17, 15) is 18.0 Å². The number of nitrogens with zero attached hydrogens (tertiary/aromatic N) is 2. The highest BCUT2D eigenvalue weighted by atomic mass is 32.2. The van der Waals surface area contributed by atoms with E-state index in [1.165, 1.54) is 23.3 Å². The second kappa shape index (κ2) is 8.89. The maximum absolute atomic E-state index is 13.4. The van der Waals surface area contributed by atoms with E-state index in [4.69, 9.17) is 0 Å². The maximum Gasteiger partial charge on any atom is 0.243 e. The first-order chi connectivity index (χ1) is 15.9. The Morgan fingerprint density at radius 1 is 0.939 bits per heavy atom. The molecule has 3 heterocycles. The minimum Gasteiger partial charge on any atom is -0.324 e. The van der Waals surface area contributed by atoms with Crippen LogP contribution in [0, 0.1) is 5.92 Å². The molecule has 0 bridgehead atoms. The van der Waals surface area contributed by atoms with Gasteiger partial charge in [-0.15, -0.1) is 0 Å². The Morgan fingerprint density at radius 3 is 2.52 bits per heavy atom. The third kappa shape index (κ3) is 4.66. The lowest BCUT2D eigenvalue weighted by atomic mass is 9.95. The molecule has 0 saturated carbocycles. The van der Waals surface area contributed by atoms with Gasteiger partial charge in [-0.2, -0.15) is 4.31 Å². The number of benzene rings is 2. The van der Waals surface area contributed by atoms with Gasteiger partial charge in [0.05, 0.1) is 16.3 Å². The second-order valence-electron chi connectivity index (χ2n) is 9.11. The zero-order valence-corrected chi connectivity index (χ0v) is 19.2. The van der Waals surface area contributed by atoms with E-state index in [0.717, 1.165) is 38.9 Å². The van der Waals surface area contributed by atoms with Crippen LogP contribution in [0.3, 0.4) is 0 Å². The molecule has 0 spiro atoms. The number of hydrogen-bond acceptors (Lipinski definition) is 5. The zero-order chi connectivity index (χ0) is 23.0. The van der Waals surface area contributed by atoms with Crippen molar-refractivity contribution in [1.29, 1.82) is 0 Å². The van der Waals surface area contributed by atoms with Crippen molar-refractivity contribution >= 4 is 33.2 Å². The largest absolute Gasteiger partial charge is 0.324 e. The number of rotatable bonds is 4. The van der Waals surface area contributed by atoms with Crippen molar-refractivity contribution in [2.75, 3.05) is 36.8 Å². The van der Waals surface area contributed by atoms with Gasteiger partial charge in [-0.25, -0.2) is 8.42 Å². The molecule has 3 aliphatic heterocycles. The predicted molar refractivity (Wildman–Crippen MR) is 125 cm³/mol. The summed E-state index contributed by atoms with van der Waals surface area (Å²) >= 11 is 0. The van der Waals surface area contributed by atoms with Crippen molar-refractivity contribution in [2.45, 2.75) is 37.1 Å². The number of nitrogens with one attached hydrogen (secondary N) is 2. The number of fused-ring (bicyclic) bond motifs is 2. The maximum atomic E-state index is 13.4. The standard InChI is InChI=1S/C24H28N4O4S/c29-23-13-24(30)26-22-12-20(7-8-21(22)25-23)33(31,32)28-10-3-4-17(15-28)14-27-11-9-18-5-1-2-6-19(18)16-27/h1-2,5-8,12,17H,3-4,9-11,13-16H2,(H,25,29)(H,26,30). The summed E-state index contributed by atoms with van der Waals surface area (Å²) in [4.78, 5) is 26.2. The third-order valence-corrected chi connectivity index (χ3v) is 8.57. The number of carbonyl (C=O) groups is 2. The van der Waals surface area contributed by atoms with Crippen LogP contribution < -0.4 is 10.6 Å². The number of sulfonamides is 1. The Bertz CT molecular complexity index is 1200. The highest BCUT2D eigenvalue weighted by Gasteiger charge is 2.32. The third-order valence-electron chi connectivity index (χ3n) is 6.71. The molecule has 0 aromatic heterocycles. The van der Waals surface area contributed by atoms with Crippen LogP contribution >= 0.6 is 0 Å². The molecule has 1 saturated heterocycles. The van der Waals surface area contributed by atoms with E-state index in [-0.39, 0.29) is 17.2 Å². The van der Waals surface area contributed by atoms with Crippen LogP contribution in [0.5, 0.6) is 0 Å². The van der Waals surface area contributed by atoms with Crippen molar-refractivity contribution in [2.24, 2.45) is 5.92 Å². The van der Waals surface area contributed by atoms with Gasteiger partial charge in [-0.1, -0.05) is 24.3 Å². The number of amides is 2. The second-order valence-corrected chi connectivity index (χ2v) is 11.0. The van der Waals surface area contributed by atoms with Crippen LogP contribution in [-0.2, 0) is 32.6 Å². The summed E-state index contributed by atoms with van der Waals surface area (Å²) < 4.78 is 28.4. The minimum atomic E-state index is -3.71. The lowest BCUT2D eigenvalue weighted by molar-refractivity contribution is -0.123. The van der Waals surface area contributed by atoms with E-state index in [1.54, 1.807) is 10.4 Å². The number of anilines is 2. The number of piperidine rings is 1. The average molecular weight is 469 g/mol. The van der Waals surface area contributed by atoms with E-state index in [1.807, 2.05) is 0 Å². The van der Waals surface area contributed by atoms with Crippen LogP contribution in [-0.4, -0.2) is 55.6 Å². The highest BCUT2D eigenvalue weighted by molar-refractivity contribution is 7.89. The van der Waals surface area contributed by atoms with Crippen LogP contribution in [0.4, 0.5) is 11.4 Å². The molecule has 0 radical (unpaired) electrons. The van der Waals surface area contributed by atoms with E-state index in [0.29, 0.717) is 24.5 Å². The Balaban J connectivity index is 1.29. The van der Waals surface area contributed by atoms with Crippen LogP contribution in [0.1, 0.15) is 30.4 Å². The smallest absolute Gasteiger partial charge is 0.243 e.